The number of carbonyl (C=O) groups excluding carboxylic acids is 2. The highest BCUT2D eigenvalue weighted by atomic mass is 16.7. The molecule has 4 heterocycles. The van der Waals surface area contributed by atoms with Crippen LogP contribution in [-0.4, -0.2) is 54.0 Å². The van der Waals surface area contributed by atoms with Crippen molar-refractivity contribution in [3.8, 4) is 0 Å². The van der Waals surface area contributed by atoms with Gasteiger partial charge < -0.3 is 14.2 Å². The predicted molar refractivity (Wildman–Crippen MR) is 80.5 cm³/mol. The van der Waals surface area contributed by atoms with Crippen LogP contribution in [-0.2, 0) is 23.8 Å². The molecule has 0 spiro atoms. The van der Waals surface area contributed by atoms with Crippen LogP contribution < -0.4 is 0 Å². The van der Waals surface area contributed by atoms with E-state index in [-0.39, 0.29) is 24.0 Å². The molecule has 2 saturated carbocycles. The Labute approximate surface area is 140 Å². The van der Waals surface area contributed by atoms with Gasteiger partial charge in [-0.05, 0) is 37.2 Å². The van der Waals surface area contributed by atoms with Crippen LogP contribution in [0.2, 0.25) is 0 Å². The SMILES string of the molecule is O=C1[C@@H]2[C@H]3C=C[C@@](C4OCCO4)(O3)[C@H]2C(=O)N1[C@H]1C[C@H]2CC[C@H]1C2. The van der Waals surface area contributed by atoms with E-state index in [1.54, 1.807) is 4.90 Å². The molecule has 0 aromatic carbocycles. The summed E-state index contributed by atoms with van der Waals surface area (Å²) in [5, 5.41) is 0. The van der Waals surface area contributed by atoms with Crippen molar-refractivity contribution in [3.05, 3.63) is 12.2 Å². The fourth-order valence-corrected chi connectivity index (χ4v) is 6.20. The Kier molecular flexibility index (Phi) is 2.61. The third-order valence-electron chi connectivity index (χ3n) is 7.13. The molecule has 0 aromatic heterocycles. The molecule has 6 aliphatic rings. The number of carbonyl (C=O) groups is 2. The molecule has 2 aliphatic carbocycles. The number of hydrogen-bond donors (Lipinski definition) is 0. The molecule has 6 nitrogen and oxygen atoms in total. The summed E-state index contributed by atoms with van der Waals surface area (Å²) in [7, 11) is 0. The lowest BCUT2D eigenvalue weighted by molar-refractivity contribution is -0.184. The second-order valence-electron chi connectivity index (χ2n) is 8.16. The topological polar surface area (TPSA) is 65.1 Å². The van der Waals surface area contributed by atoms with Gasteiger partial charge in [-0.1, -0.05) is 12.5 Å². The van der Waals surface area contributed by atoms with Crippen LogP contribution in [0.4, 0.5) is 0 Å². The smallest absolute Gasteiger partial charge is 0.236 e. The number of hydrogen-bond acceptors (Lipinski definition) is 5. The molecule has 6 rings (SSSR count). The van der Waals surface area contributed by atoms with Crippen LogP contribution in [0, 0.1) is 23.7 Å². The molecule has 0 aromatic rings. The van der Waals surface area contributed by atoms with Crippen LogP contribution in [0.25, 0.3) is 0 Å². The summed E-state index contributed by atoms with van der Waals surface area (Å²) in [6.45, 7) is 1.01. The van der Waals surface area contributed by atoms with Crippen molar-refractivity contribution in [2.45, 2.75) is 49.7 Å². The van der Waals surface area contributed by atoms with Gasteiger partial charge >= 0.3 is 0 Å². The molecule has 6 heteroatoms. The minimum Gasteiger partial charge on any atom is -0.357 e. The first kappa shape index (κ1) is 14.0. The molecular weight excluding hydrogens is 310 g/mol. The third kappa shape index (κ3) is 1.49. The lowest BCUT2D eigenvalue weighted by atomic mass is 9.76. The molecule has 4 aliphatic heterocycles. The van der Waals surface area contributed by atoms with Crippen molar-refractivity contribution in [1.82, 2.24) is 4.90 Å². The van der Waals surface area contributed by atoms with E-state index < -0.39 is 23.7 Å². The van der Waals surface area contributed by atoms with E-state index in [4.69, 9.17) is 14.2 Å². The average molecular weight is 331 g/mol. The highest BCUT2D eigenvalue weighted by Gasteiger charge is 2.72. The van der Waals surface area contributed by atoms with Gasteiger partial charge in [-0.3, -0.25) is 14.5 Å². The second-order valence-corrected chi connectivity index (χ2v) is 8.16. The van der Waals surface area contributed by atoms with Crippen LogP contribution in [0.1, 0.15) is 25.7 Å². The molecule has 24 heavy (non-hydrogen) atoms. The Balaban J connectivity index is 1.37. The van der Waals surface area contributed by atoms with Crippen LogP contribution in [0.15, 0.2) is 12.2 Å². The molecule has 5 fully saturated rings. The van der Waals surface area contributed by atoms with Gasteiger partial charge in [0.1, 0.15) is 0 Å². The van der Waals surface area contributed by atoms with Crippen molar-refractivity contribution in [3.63, 3.8) is 0 Å². The van der Waals surface area contributed by atoms with E-state index >= 15 is 0 Å². The first-order chi connectivity index (χ1) is 11.7. The monoisotopic (exact) mass is 331 g/mol. The summed E-state index contributed by atoms with van der Waals surface area (Å²) in [6, 6.07) is 0.108. The zero-order chi connectivity index (χ0) is 16.1. The minimum absolute atomic E-state index is 0.0308. The van der Waals surface area contributed by atoms with Crippen molar-refractivity contribution in [2.75, 3.05) is 13.2 Å². The lowest BCUT2D eigenvalue weighted by Gasteiger charge is -2.34. The van der Waals surface area contributed by atoms with Gasteiger partial charge in [-0.25, -0.2) is 0 Å². The van der Waals surface area contributed by atoms with E-state index in [1.807, 2.05) is 12.2 Å². The van der Waals surface area contributed by atoms with Crippen molar-refractivity contribution in [2.24, 2.45) is 23.7 Å². The fraction of sp³-hybridized carbons (Fsp3) is 0.778. The van der Waals surface area contributed by atoms with Gasteiger partial charge in [0.2, 0.25) is 11.8 Å². The van der Waals surface area contributed by atoms with E-state index in [9.17, 15) is 9.59 Å². The van der Waals surface area contributed by atoms with Gasteiger partial charge in [-0.2, -0.15) is 0 Å². The molecule has 2 amide bonds. The summed E-state index contributed by atoms with van der Waals surface area (Å²) >= 11 is 0. The first-order valence-corrected chi connectivity index (χ1v) is 9.16. The fourth-order valence-electron chi connectivity index (χ4n) is 6.20. The largest absolute Gasteiger partial charge is 0.357 e. The average Bonchev–Trinajstić information content (AvgIpc) is 3.39. The molecule has 0 radical (unpaired) electrons. The van der Waals surface area contributed by atoms with Crippen LogP contribution in [0.3, 0.4) is 0 Å². The maximum Gasteiger partial charge on any atom is 0.236 e. The van der Waals surface area contributed by atoms with Gasteiger partial charge in [0, 0.05) is 6.04 Å². The zero-order valence-corrected chi connectivity index (χ0v) is 13.4. The van der Waals surface area contributed by atoms with E-state index in [0.717, 1.165) is 12.8 Å². The molecule has 4 bridgehead atoms. The Morgan fingerprint density at radius 3 is 2.62 bits per heavy atom. The number of amides is 2. The highest BCUT2D eigenvalue weighted by molar-refractivity contribution is 6.07. The van der Waals surface area contributed by atoms with Crippen molar-refractivity contribution < 1.29 is 23.8 Å². The maximum absolute atomic E-state index is 13.3. The Hall–Kier alpha value is -1.24. The summed E-state index contributed by atoms with van der Waals surface area (Å²) in [5.74, 6) is 0.229. The number of likely N-dealkylation sites (tertiary alicyclic amines) is 1. The molecule has 3 saturated heterocycles. The Bertz CT molecular complexity index is 656. The molecule has 0 N–H and O–H groups in total. The number of rotatable bonds is 2. The standard InChI is InChI=1S/C18H21NO5/c20-15-13-12-3-4-18(24-12,17-22-5-6-23-17)14(13)16(21)19(15)11-8-9-1-2-10(11)7-9/h3-4,9-14,17H,1-2,5-8H2/t9-,10-,11-,12+,13+,14+,18+/m0/s1. The molecule has 0 unspecified atom stereocenters. The van der Waals surface area contributed by atoms with E-state index in [0.29, 0.717) is 25.0 Å². The highest BCUT2D eigenvalue weighted by Crippen LogP contribution is 2.57. The minimum atomic E-state index is -0.912. The normalized spacial score (nSPS) is 52.2. The number of ether oxygens (including phenoxy) is 3. The van der Waals surface area contributed by atoms with Crippen LogP contribution in [0.5, 0.6) is 0 Å². The summed E-state index contributed by atoms with van der Waals surface area (Å²) in [4.78, 5) is 28.0. The van der Waals surface area contributed by atoms with E-state index in [1.165, 1.54) is 12.8 Å². The molecule has 128 valence electrons. The van der Waals surface area contributed by atoms with Gasteiger partial charge in [0.05, 0.1) is 31.2 Å². The van der Waals surface area contributed by atoms with Crippen molar-refractivity contribution in [1.29, 1.82) is 0 Å². The Morgan fingerprint density at radius 1 is 1.08 bits per heavy atom. The van der Waals surface area contributed by atoms with Gasteiger partial charge in [0.15, 0.2) is 11.9 Å². The van der Waals surface area contributed by atoms with E-state index in [2.05, 4.69) is 0 Å². The second kappa shape index (κ2) is 4.48. The van der Waals surface area contributed by atoms with Gasteiger partial charge in [0.25, 0.3) is 0 Å². The number of imide groups is 1. The Morgan fingerprint density at radius 2 is 1.92 bits per heavy atom. The first-order valence-electron chi connectivity index (χ1n) is 9.16. The summed E-state index contributed by atoms with van der Waals surface area (Å²) in [5.41, 5.74) is -0.912. The lowest BCUT2D eigenvalue weighted by Crippen LogP contribution is -2.51. The maximum atomic E-state index is 13.3. The number of fused-ring (bicyclic) bond motifs is 7. The van der Waals surface area contributed by atoms with Crippen molar-refractivity contribution >= 4 is 11.8 Å². The van der Waals surface area contributed by atoms with Crippen LogP contribution >= 0.6 is 0 Å². The van der Waals surface area contributed by atoms with Gasteiger partial charge in [-0.15, -0.1) is 0 Å². The zero-order valence-electron chi connectivity index (χ0n) is 13.4. The molecule has 7 atom stereocenters. The third-order valence-corrected chi connectivity index (χ3v) is 7.13. The summed E-state index contributed by atoms with van der Waals surface area (Å²) < 4.78 is 17.5. The quantitative estimate of drug-likeness (QED) is 0.555. The number of nitrogens with zero attached hydrogens (tertiary/aromatic N) is 1. The molecular formula is C18H21NO5. The summed E-state index contributed by atoms with van der Waals surface area (Å²) in [6.07, 6.45) is 7.50. The predicted octanol–water partition coefficient (Wildman–Crippen LogP) is 0.856.